The van der Waals surface area contributed by atoms with Crippen molar-refractivity contribution in [2.45, 2.75) is 44.7 Å². The van der Waals surface area contributed by atoms with E-state index in [0.29, 0.717) is 12.6 Å². The summed E-state index contributed by atoms with van der Waals surface area (Å²) in [4.78, 5) is 24.5. The second kappa shape index (κ2) is 5.04. The van der Waals surface area contributed by atoms with Crippen molar-refractivity contribution in [1.29, 1.82) is 0 Å². The van der Waals surface area contributed by atoms with E-state index in [9.17, 15) is 9.59 Å². The molecule has 3 unspecified atom stereocenters. The molecule has 2 fully saturated rings. The summed E-state index contributed by atoms with van der Waals surface area (Å²) in [6, 6.07) is 0.753. The molecule has 0 radical (unpaired) electrons. The summed E-state index contributed by atoms with van der Waals surface area (Å²) in [7, 11) is 0. The Morgan fingerprint density at radius 3 is 2.65 bits per heavy atom. The van der Waals surface area contributed by atoms with Crippen molar-refractivity contribution in [3.05, 3.63) is 0 Å². The number of fused-ring (bicyclic) bond motifs is 2. The Morgan fingerprint density at radius 1 is 1.41 bits per heavy atom. The van der Waals surface area contributed by atoms with Crippen molar-refractivity contribution in [1.82, 2.24) is 10.2 Å². The van der Waals surface area contributed by atoms with Crippen LogP contribution in [0.5, 0.6) is 0 Å². The van der Waals surface area contributed by atoms with Gasteiger partial charge in [-0.05, 0) is 25.7 Å². The Morgan fingerprint density at radius 2 is 2.18 bits per heavy atom. The first-order chi connectivity index (χ1) is 8.11. The minimum atomic E-state index is -0.928. The molecule has 5 nitrogen and oxygen atoms in total. The Kier molecular flexibility index (Phi) is 3.66. The molecule has 2 N–H and O–H groups in total. The van der Waals surface area contributed by atoms with Gasteiger partial charge in [0.15, 0.2) is 0 Å². The van der Waals surface area contributed by atoms with Crippen molar-refractivity contribution in [2.24, 2.45) is 5.92 Å². The number of aliphatic carboxylic acids is 1. The van der Waals surface area contributed by atoms with E-state index in [1.54, 1.807) is 0 Å². The third-order valence-corrected chi connectivity index (χ3v) is 3.75. The van der Waals surface area contributed by atoms with Gasteiger partial charge in [-0.25, -0.2) is 0 Å². The molecule has 2 rings (SSSR count). The van der Waals surface area contributed by atoms with E-state index in [1.165, 1.54) is 4.90 Å². The van der Waals surface area contributed by atoms with Gasteiger partial charge >= 0.3 is 5.97 Å². The van der Waals surface area contributed by atoms with E-state index < -0.39 is 5.97 Å². The lowest BCUT2D eigenvalue weighted by Gasteiger charge is -2.27. The monoisotopic (exact) mass is 240 g/mol. The van der Waals surface area contributed by atoms with Crippen LogP contribution in [0.15, 0.2) is 0 Å². The fourth-order valence-electron chi connectivity index (χ4n) is 3.03. The molecule has 17 heavy (non-hydrogen) atoms. The Hall–Kier alpha value is -1.10. The first kappa shape index (κ1) is 12.4. The van der Waals surface area contributed by atoms with Gasteiger partial charge in [0.25, 0.3) is 0 Å². The van der Waals surface area contributed by atoms with Crippen molar-refractivity contribution in [3.63, 3.8) is 0 Å². The van der Waals surface area contributed by atoms with Gasteiger partial charge in [0.2, 0.25) is 5.91 Å². The number of carboxylic acid groups (broad SMARTS) is 1. The minimum absolute atomic E-state index is 0.000324. The van der Waals surface area contributed by atoms with Crippen LogP contribution >= 0.6 is 0 Å². The molecule has 0 aromatic rings. The van der Waals surface area contributed by atoms with Crippen LogP contribution in [0.1, 0.15) is 32.6 Å². The molecule has 0 spiro atoms. The average molecular weight is 240 g/mol. The van der Waals surface area contributed by atoms with Gasteiger partial charge in [-0.15, -0.1) is 0 Å². The molecule has 96 valence electrons. The smallest absolute Gasteiger partial charge is 0.323 e. The van der Waals surface area contributed by atoms with Crippen LogP contribution in [0.2, 0.25) is 0 Å². The number of hydrogen-bond donors (Lipinski definition) is 2. The van der Waals surface area contributed by atoms with Crippen LogP contribution in [0.4, 0.5) is 0 Å². The zero-order valence-electron chi connectivity index (χ0n) is 10.2. The van der Waals surface area contributed by atoms with Crippen molar-refractivity contribution >= 4 is 11.9 Å². The molecule has 3 atom stereocenters. The first-order valence-corrected chi connectivity index (χ1v) is 6.38. The molecule has 2 aliphatic heterocycles. The van der Waals surface area contributed by atoms with Gasteiger partial charge in [-0.3, -0.25) is 9.59 Å². The fourth-order valence-corrected chi connectivity index (χ4v) is 3.03. The van der Waals surface area contributed by atoms with E-state index >= 15 is 0 Å². The highest BCUT2D eigenvalue weighted by Gasteiger charge is 2.44. The third-order valence-electron chi connectivity index (χ3n) is 3.75. The van der Waals surface area contributed by atoms with Crippen molar-refractivity contribution < 1.29 is 14.7 Å². The second-order valence-corrected chi connectivity index (χ2v) is 5.04. The summed E-state index contributed by atoms with van der Waals surface area (Å²) in [5, 5.41) is 12.2. The van der Waals surface area contributed by atoms with E-state index in [0.717, 1.165) is 25.7 Å². The summed E-state index contributed by atoms with van der Waals surface area (Å²) in [6.45, 7) is 2.33. The number of nitrogens with one attached hydrogen (secondary N) is 1. The number of rotatable bonds is 5. The number of hydrogen-bond acceptors (Lipinski definition) is 3. The SMILES string of the molecule is CCCN(CC(=O)O)C(=O)C1CC2CCC1N2. The van der Waals surface area contributed by atoms with E-state index in [1.807, 2.05) is 6.92 Å². The molecule has 0 aromatic carbocycles. The number of carbonyl (C=O) groups excluding carboxylic acids is 1. The molecule has 2 saturated heterocycles. The van der Waals surface area contributed by atoms with Crippen LogP contribution in [0, 0.1) is 5.92 Å². The maximum absolute atomic E-state index is 12.3. The van der Waals surface area contributed by atoms with Crippen LogP contribution in [0.3, 0.4) is 0 Å². The van der Waals surface area contributed by atoms with Crippen LogP contribution < -0.4 is 5.32 Å². The molecule has 0 aromatic heterocycles. The Bertz CT molecular complexity index is 319. The van der Waals surface area contributed by atoms with Crippen molar-refractivity contribution in [2.75, 3.05) is 13.1 Å². The summed E-state index contributed by atoms with van der Waals surface area (Å²) in [5.74, 6) is -0.906. The maximum atomic E-state index is 12.3. The molecule has 2 aliphatic rings. The lowest BCUT2D eigenvalue weighted by Crippen LogP contribution is -2.43. The van der Waals surface area contributed by atoms with E-state index in [2.05, 4.69) is 5.32 Å². The zero-order valence-corrected chi connectivity index (χ0v) is 10.2. The highest BCUT2D eigenvalue weighted by molar-refractivity contribution is 5.84. The number of amides is 1. The third kappa shape index (κ3) is 2.60. The van der Waals surface area contributed by atoms with Gasteiger partial charge in [-0.1, -0.05) is 6.92 Å². The molecular weight excluding hydrogens is 220 g/mol. The number of carboxylic acids is 1. The first-order valence-electron chi connectivity index (χ1n) is 6.38. The Balaban J connectivity index is 1.98. The molecule has 2 bridgehead atoms. The predicted molar refractivity (Wildman–Crippen MR) is 62.6 cm³/mol. The molecule has 0 aliphatic carbocycles. The fraction of sp³-hybridized carbons (Fsp3) is 0.833. The second-order valence-electron chi connectivity index (χ2n) is 5.04. The van der Waals surface area contributed by atoms with E-state index in [-0.39, 0.29) is 24.4 Å². The van der Waals surface area contributed by atoms with Gasteiger partial charge in [-0.2, -0.15) is 0 Å². The van der Waals surface area contributed by atoms with Crippen LogP contribution in [-0.4, -0.2) is 47.1 Å². The normalized spacial score (nSPS) is 30.5. The quantitative estimate of drug-likeness (QED) is 0.732. The maximum Gasteiger partial charge on any atom is 0.323 e. The van der Waals surface area contributed by atoms with Crippen molar-refractivity contribution in [3.8, 4) is 0 Å². The van der Waals surface area contributed by atoms with Gasteiger partial charge in [0.1, 0.15) is 6.54 Å². The number of nitrogens with zero attached hydrogens (tertiary/aromatic N) is 1. The highest BCUT2D eigenvalue weighted by Crippen LogP contribution is 2.34. The molecule has 1 amide bonds. The molecule has 0 saturated carbocycles. The van der Waals surface area contributed by atoms with Crippen LogP contribution in [0.25, 0.3) is 0 Å². The predicted octanol–water partition coefficient (Wildman–Crippen LogP) is 0.450. The minimum Gasteiger partial charge on any atom is -0.480 e. The average Bonchev–Trinajstić information content (AvgIpc) is 2.88. The largest absolute Gasteiger partial charge is 0.480 e. The summed E-state index contributed by atoms with van der Waals surface area (Å²) in [5.41, 5.74) is 0. The summed E-state index contributed by atoms with van der Waals surface area (Å²) in [6.07, 6.45) is 3.88. The topological polar surface area (TPSA) is 69.6 Å². The molecular formula is C12H20N2O3. The summed E-state index contributed by atoms with van der Waals surface area (Å²) < 4.78 is 0. The number of carbonyl (C=O) groups is 2. The van der Waals surface area contributed by atoms with Gasteiger partial charge in [0.05, 0.1) is 5.92 Å². The van der Waals surface area contributed by atoms with Gasteiger partial charge in [0, 0.05) is 18.6 Å². The lowest BCUT2D eigenvalue weighted by molar-refractivity contribution is -0.146. The van der Waals surface area contributed by atoms with Gasteiger partial charge < -0.3 is 15.3 Å². The summed E-state index contributed by atoms with van der Waals surface area (Å²) >= 11 is 0. The zero-order chi connectivity index (χ0) is 12.4. The highest BCUT2D eigenvalue weighted by atomic mass is 16.4. The van der Waals surface area contributed by atoms with E-state index in [4.69, 9.17) is 5.11 Å². The lowest BCUT2D eigenvalue weighted by atomic mass is 9.88. The standard InChI is InChI=1S/C12H20N2O3/c1-2-5-14(7-11(15)16)12(17)9-6-8-3-4-10(9)13-8/h8-10,13H,2-7H2,1H3,(H,15,16). The molecule has 2 heterocycles. The molecule has 5 heteroatoms. The van der Waals surface area contributed by atoms with Crippen LogP contribution in [-0.2, 0) is 9.59 Å². The Labute approximate surface area is 101 Å².